The Morgan fingerprint density at radius 2 is 2.03 bits per heavy atom. The summed E-state index contributed by atoms with van der Waals surface area (Å²) in [6, 6.07) is 9.44. The Bertz CT molecular complexity index is 1090. The highest BCUT2D eigenvalue weighted by atomic mass is 35.5. The molecule has 11 heteroatoms. The third-order valence-corrected chi connectivity index (χ3v) is 6.14. The summed E-state index contributed by atoms with van der Waals surface area (Å²) in [5.41, 5.74) is 14.2. The Kier molecular flexibility index (Phi) is 8.60. The van der Waals surface area contributed by atoms with E-state index in [1.54, 1.807) is 12.1 Å². The summed E-state index contributed by atoms with van der Waals surface area (Å²) in [5.74, 6) is -1.19. The first kappa shape index (κ1) is 25.6. The number of guanidine groups is 1. The number of halogens is 2. The van der Waals surface area contributed by atoms with Crippen molar-refractivity contribution in [3.63, 3.8) is 0 Å². The second kappa shape index (κ2) is 11.4. The maximum absolute atomic E-state index is 12.5. The largest absolute Gasteiger partial charge is 0.480 e. The summed E-state index contributed by atoms with van der Waals surface area (Å²) in [6.45, 7) is 1.76. The average Bonchev–Trinajstić information content (AvgIpc) is 2.75. The zero-order valence-electron chi connectivity index (χ0n) is 18.7. The molecule has 3 rings (SSSR count). The number of anilines is 1. The third kappa shape index (κ3) is 6.75. The van der Waals surface area contributed by atoms with E-state index in [-0.39, 0.29) is 24.8 Å². The van der Waals surface area contributed by atoms with Crippen molar-refractivity contribution in [2.45, 2.75) is 31.3 Å². The van der Waals surface area contributed by atoms with E-state index in [0.29, 0.717) is 22.2 Å². The Balaban J connectivity index is 1.72. The van der Waals surface area contributed by atoms with Crippen LogP contribution >= 0.6 is 23.2 Å². The monoisotopic (exact) mass is 506 g/mol. The molecule has 0 aromatic heterocycles. The van der Waals surface area contributed by atoms with Crippen molar-refractivity contribution in [2.75, 3.05) is 25.5 Å². The molecule has 0 bridgehead atoms. The molecular formula is C23H28Cl2N6O3. The number of likely N-dealkylation sites (N-methyl/N-ethyl adjacent to an activating group) is 1. The molecule has 0 aliphatic carbocycles. The van der Waals surface area contributed by atoms with E-state index in [1.165, 1.54) is 0 Å². The lowest BCUT2D eigenvalue weighted by Crippen LogP contribution is -2.43. The predicted octanol–water partition coefficient (Wildman–Crippen LogP) is 3.20. The molecule has 7 N–H and O–H groups in total. The van der Waals surface area contributed by atoms with Gasteiger partial charge >= 0.3 is 12.0 Å². The standard InChI is InChI=1S/C23H28Cl2N6O3/c1-31-11-17(16-9-14(24)10-19(25)18(16)12-31)13-4-2-5-15(8-13)29-23(34)30-20(21(32)33)6-3-7-28-22(26)27/h2,4-5,8-10,17,20H,3,6-7,11-12H2,1H3,(H,32,33)(H4,26,27,28)(H2,29,30,34). The van der Waals surface area contributed by atoms with Crippen molar-refractivity contribution < 1.29 is 14.7 Å². The van der Waals surface area contributed by atoms with Gasteiger partial charge in [-0.25, -0.2) is 9.59 Å². The number of amides is 2. The number of aliphatic imine (C=N–C) groups is 1. The molecule has 1 aliphatic rings. The molecule has 9 nitrogen and oxygen atoms in total. The van der Waals surface area contributed by atoms with Crippen molar-refractivity contribution in [1.82, 2.24) is 10.2 Å². The number of hydrogen-bond donors (Lipinski definition) is 5. The molecule has 2 aromatic rings. The number of hydrogen-bond acceptors (Lipinski definition) is 4. The second-order valence-electron chi connectivity index (χ2n) is 8.27. The molecule has 2 amide bonds. The number of carbonyl (C=O) groups is 2. The van der Waals surface area contributed by atoms with Gasteiger partial charge in [0.05, 0.1) is 0 Å². The molecule has 1 heterocycles. The molecule has 0 radical (unpaired) electrons. The molecule has 182 valence electrons. The summed E-state index contributed by atoms with van der Waals surface area (Å²) >= 11 is 12.7. The van der Waals surface area contributed by atoms with E-state index in [9.17, 15) is 14.7 Å². The van der Waals surface area contributed by atoms with Crippen LogP contribution in [-0.4, -0.2) is 54.1 Å². The van der Waals surface area contributed by atoms with Crippen molar-refractivity contribution in [3.05, 3.63) is 63.1 Å². The van der Waals surface area contributed by atoms with Gasteiger partial charge in [0.25, 0.3) is 0 Å². The molecule has 0 saturated heterocycles. The zero-order valence-corrected chi connectivity index (χ0v) is 20.2. The lowest BCUT2D eigenvalue weighted by Gasteiger charge is -2.33. The van der Waals surface area contributed by atoms with E-state index in [4.69, 9.17) is 34.7 Å². The van der Waals surface area contributed by atoms with Crippen LogP contribution in [0, 0.1) is 0 Å². The lowest BCUT2D eigenvalue weighted by molar-refractivity contribution is -0.139. The van der Waals surface area contributed by atoms with Crippen LogP contribution in [-0.2, 0) is 11.3 Å². The van der Waals surface area contributed by atoms with Gasteiger partial charge in [0.2, 0.25) is 0 Å². The van der Waals surface area contributed by atoms with Gasteiger partial charge in [-0.15, -0.1) is 0 Å². The molecule has 2 unspecified atom stereocenters. The molecule has 34 heavy (non-hydrogen) atoms. The van der Waals surface area contributed by atoms with E-state index in [2.05, 4.69) is 20.5 Å². The van der Waals surface area contributed by atoms with Gasteiger partial charge in [0, 0.05) is 41.3 Å². The van der Waals surface area contributed by atoms with E-state index >= 15 is 0 Å². The summed E-state index contributed by atoms with van der Waals surface area (Å²) in [6.07, 6.45) is 0.594. The van der Waals surface area contributed by atoms with Crippen molar-refractivity contribution in [3.8, 4) is 0 Å². The fourth-order valence-corrected chi connectivity index (χ4v) is 4.62. The number of carboxylic acid groups (broad SMARTS) is 1. The first-order valence-electron chi connectivity index (χ1n) is 10.8. The van der Waals surface area contributed by atoms with Gasteiger partial charge in [-0.05, 0) is 60.8 Å². The zero-order chi connectivity index (χ0) is 24.8. The van der Waals surface area contributed by atoms with Crippen LogP contribution in [0.1, 0.15) is 35.4 Å². The fraction of sp³-hybridized carbons (Fsp3) is 0.348. The van der Waals surface area contributed by atoms with Crippen LogP contribution in [0.4, 0.5) is 10.5 Å². The van der Waals surface area contributed by atoms with Gasteiger partial charge in [-0.3, -0.25) is 4.99 Å². The summed E-state index contributed by atoms with van der Waals surface area (Å²) in [4.78, 5) is 30.0. The normalized spacial score (nSPS) is 16.3. The fourth-order valence-electron chi connectivity index (χ4n) is 4.05. The Labute approximate surface area is 208 Å². The number of rotatable bonds is 8. The van der Waals surface area contributed by atoms with Crippen LogP contribution in [0.2, 0.25) is 10.0 Å². The molecule has 0 spiro atoms. The first-order valence-corrected chi connectivity index (χ1v) is 11.5. The van der Waals surface area contributed by atoms with Crippen molar-refractivity contribution in [2.24, 2.45) is 16.5 Å². The topological polar surface area (TPSA) is 146 Å². The number of carboxylic acids is 1. The number of nitrogens with two attached hydrogens (primary N) is 2. The minimum Gasteiger partial charge on any atom is -0.480 e. The molecule has 1 aliphatic heterocycles. The highest BCUT2D eigenvalue weighted by Gasteiger charge is 2.27. The van der Waals surface area contributed by atoms with E-state index in [1.807, 2.05) is 31.3 Å². The quantitative estimate of drug-likeness (QED) is 0.211. The van der Waals surface area contributed by atoms with Crippen molar-refractivity contribution >= 4 is 46.8 Å². The number of nitrogens with one attached hydrogen (secondary N) is 2. The van der Waals surface area contributed by atoms with Gasteiger partial charge in [-0.2, -0.15) is 0 Å². The highest BCUT2D eigenvalue weighted by molar-refractivity contribution is 6.35. The molecule has 0 fully saturated rings. The van der Waals surface area contributed by atoms with Crippen LogP contribution in [0.25, 0.3) is 0 Å². The minimum absolute atomic E-state index is 0.0112. The maximum atomic E-state index is 12.5. The predicted molar refractivity (Wildman–Crippen MR) is 135 cm³/mol. The maximum Gasteiger partial charge on any atom is 0.326 e. The number of carbonyl (C=O) groups excluding carboxylic acids is 1. The summed E-state index contributed by atoms with van der Waals surface area (Å²) < 4.78 is 0. The Morgan fingerprint density at radius 1 is 1.26 bits per heavy atom. The number of benzene rings is 2. The number of urea groups is 1. The number of nitrogens with zero attached hydrogens (tertiary/aromatic N) is 2. The van der Waals surface area contributed by atoms with Gasteiger partial charge < -0.3 is 32.1 Å². The Morgan fingerprint density at radius 3 is 2.74 bits per heavy atom. The molecule has 2 atom stereocenters. The van der Waals surface area contributed by atoms with Crippen LogP contribution in [0.5, 0.6) is 0 Å². The second-order valence-corrected chi connectivity index (χ2v) is 9.11. The molecule has 2 aromatic carbocycles. The van der Waals surface area contributed by atoms with Crippen molar-refractivity contribution in [1.29, 1.82) is 0 Å². The van der Waals surface area contributed by atoms with Gasteiger partial charge in [0.1, 0.15) is 6.04 Å². The van der Waals surface area contributed by atoms with Crippen LogP contribution in [0.3, 0.4) is 0 Å². The summed E-state index contributed by atoms with van der Waals surface area (Å²) in [7, 11) is 2.02. The smallest absolute Gasteiger partial charge is 0.326 e. The number of aliphatic carboxylic acids is 1. The van der Waals surface area contributed by atoms with Gasteiger partial charge in [0.15, 0.2) is 5.96 Å². The van der Waals surface area contributed by atoms with Crippen LogP contribution in [0.15, 0.2) is 41.4 Å². The van der Waals surface area contributed by atoms with Crippen LogP contribution < -0.4 is 22.1 Å². The van der Waals surface area contributed by atoms with E-state index < -0.39 is 18.0 Å². The number of fused-ring (bicyclic) bond motifs is 1. The summed E-state index contributed by atoms with van der Waals surface area (Å²) in [5, 5.41) is 15.8. The average molecular weight is 507 g/mol. The van der Waals surface area contributed by atoms with E-state index in [0.717, 1.165) is 29.8 Å². The SMILES string of the molecule is CN1Cc2c(Cl)cc(Cl)cc2C(c2cccc(NC(=O)NC(CCCN=C(N)N)C(=O)O)c2)C1. The lowest BCUT2D eigenvalue weighted by atomic mass is 9.84. The first-order chi connectivity index (χ1) is 16.1. The van der Waals surface area contributed by atoms with Gasteiger partial charge in [-0.1, -0.05) is 35.3 Å². The minimum atomic E-state index is -1.13. The Hall–Kier alpha value is -3.01. The molecule has 0 saturated carbocycles. The molecular weight excluding hydrogens is 479 g/mol. The third-order valence-electron chi connectivity index (χ3n) is 5.59. The highest BCUT2D eigenvalue weighted by Crippen LogP contribution is 2.38.